The maximum atomic E-state index is 13.1. The fourth-order valence-electron chi connectivity index (χ4n) is 3.34. The van der Waals surface area contributed by atoms with Crippen molar-refractivity contribution in [2.45, 2.75) is 6.54 Å². The molecule has 1 amide bonds. The Morgan fingerprint density at radius 2 is 1.90 bits per heavy atom. The fourth-order valence-corrected chi connectivity index (χ4v) is 4.19. The summed E-state index contributed by atoms with van der Waals surface area (Å²) in [5, 5.41) is 12.0. The molecule has 0 spiro atoms. The van der Waals surface area contributed by atoms with Gasteiger partial charge in [-0.3, -0.25) is 9.69 Å². The van der Waals surface area contributed by atoms with Gasteiger partial charge < -0.3 is 4.90 Å². The summed E-state index contributed by atoms with van der Waals surface area (Å²) in [7, 11) is 0. The zero-order valence-corrected chi connectivity index (χ0v) is 16.5. The van der Waals surface area contributed by atoms with Crippen molar-refractivity contribution in [2.75, 3.05) is 26.2 Å². The molecule has 2 aromatic carbocycles. The van der Waals surface area contributed by atoms with Crippen molar-refractivity contribution in [3.8, 4) is 17.3 Å². The summed E-state index contributed by atoms with van der Waals surface area (Å²) < 4.78 is 13.1. The Hall–Kier alpha value is -3.08. The van der Waals surface area contributed by atoms with E-state index in [0.717, 1.165) is 35.9 Å². The summed E-state index contributed by atoms with van der Waals surface area (Å²) in [5.74, 6) is -0.287. The van der Waals surface area contributed by atoms with E-state index >= 15 is 0 Å². The van der Waals surface area contributed by atoms with E-state index in [0.29, 0.717) is 24.2 Å². The summed E-state index contributed by atoms with van der Waals surface area (Å²) in [6.07, 6.45) is 0. The zero-order valence-electron chi connectivity index (χ0n) is 15.7. The number of carbonyl (C=O) groups excluding carboxylic acids is 1. The third kappa shape index (κ3) is 4.50. The van der Waals surface area contributed by atoms with E-state index in [9.17, 15) is 9.18 Å². The number of nitrogens with zero attached hydrogens (tertiary/aromatic N) is 4. The molecule has 0 unspecified atom stereocenters. The molecular formula is C22H19FN4OS. The van der Waals surface area contributed by atoms with Crippen molar-refractivity contribution in [1.82, 2.24) is 14.8 Å². The van der Waals surface area contributed by atoms with Crippen molar-refractivity contribution in [1.29, 1.82) is 5.26 Å². The molecule has 4 rings (SSSR count). The molecule has 1 aromatic heterocycles. The van der Waals surface area contributed by atoms with Gasteiger partial charge in [0.2, 0.25) is 0 Å². The van der Waals surface area contributed by atoms with Crippen LogP contribution in [0, 0.1) is 17.1 Å². The Kier molecular flexibility index (Phi) is 5.65. The van der Waals surface area contributed by atoms with Gasteiger partial charge in [-0.15, -0.1) is 11.3 Å². The lowest BCUT2D eigenvalue weighted by Crippen LogP contribution is -2.48. The predicted molar refractivity (Wildman–Crippen MR) is 110 cm³/mol. The number of halogens is 1. The highest BCUT2D eigenvalue weighted by molar-refractivity contribution is 7.09. The summed E-state index contributed by atoms with van der Waals surface area (Å²) in [6.45, 7) is 3.57. The Labute approximate surface area is 172 Å². The second-order valence-electron chi connectivity index (χ2n) is 6.89. The average molecular weight is 406 g/mol. The molecule has 0 radical (unpaired) electrons. The lowest BCUT2D eigenvalue weighted by molar-refractivity contribution is 0.0628. The molecule has 7 heteroatoms. The number of nitriles is 1. The zero-order chi connectivity index (χ0) is 20.2. The van der Waals surface area contributed by atoms with Crippen LogP contribution in [-0.2, 0) is 6.54 Å². The van der Waals surface area contributed by atoms with Crippen LogP contribution in [0.15, 0.2) is 53.9 Å². The van der Waals surface area contributed by atoms with Crippen LogP contribution in [-0.4, -0.2) is 46.9 Å². The Balaban J connectivity index is 1.34. The largest absolute Gasteiger partial charge is 0.336 e. The molecule has 0 saturated carbocycles. The third-order valence-corrected chi connectivity index (χ3v) is 5.78. The monoisotopic (exact) mass is 406 g/mol. The molecule has 3 aromatic rings. The molecular weight excluding hydrogens is 387 g/mol. The number of benzene rings is 2. The molecule has 1 saturated heterocycles. The van der Waals surface area contributed by atoms with Gasteiger partial charge in [0.25, 0.3) is 5.91 Å². The normalized spacial score (nSPS) is 14.6. The van der Waals surface area contributed by atoms with Crippen LogP contribution in [0.2, 0.25) is 0 Å². The van der Waals surface area contributed by atoms with Crippen LogP contribution in [0.5, 0.6) is 0 Å². The quantitative estimate of drug-likeness (QED) is 0.662. The van der Waals surface area contributed by atoms with Crippen LogP contribution in [0.3, 0.4) is 0 Å². The van der Waals surface area contributed by atoms with Gasteiger partial charge in [-0.05, 0) is 42.5 Å². The SMILES string of the molecule is N#Cc1cccc(C(=O)N2CCN(Cc3nc(-c4ccc(F)cc4)cs3)CC2)c1. The summed E-state index contributed by atoms with van der Waals surface area (Å²) in [6, 6.07) is 15.3. The van der Waals surface area contributed by atoms with Gasteiger partial charge >= 0.3 is 0 Å². The number of hydrogen-bond acceptors (Lipinski definition) is 5. The minimum atomic E-state index is -0.254. The van der Waals surface area contributed by atoms with Gasteiger partial charge in [-0.25, -0.2) is 9.37 Å². The number of thiazole rings is 1. The van der Waals surface area contributed by atoms with Gasteiger partial charge in [0, 0.05) is 42.7 Å². The maximum Gasteiger partial charge on any atom is 0.253 e. The lowest BCUT2D eigenvalue weighted by atomic mass is 10.1. The van der Waals surface area contributed by atoms with Gasteiger partial charge in [0.1, 0.15) is 10.8 Å². The van der Waals surface area contributed by atoms with E-state index in [4.69, 9.17) is 5.26 Å². The maximum absolute atomic E-state index is 13.1. The fraction of sp³-hybridized carbons (Fsp3) is 0.227. The van der Waals surface area contributed by atoms with Crippen LogP contribution in [0.1, 0.15) is 20.9 Å². The highest BCUT2D eigenvalue weighted by Crippen LogP contribution is 2.23. The average Bonchev–Trinajstić information content (AvgIpc) is 3.23. The molecule has 0 aliphatic carbocycles. The first-order valence-corrected chi connectivity index (χ1v) is 10.2. The minimum absolute atomic E-state index is 0.0328. The summed E-state index contributed by atoms with van der Waals surface area (Å²) in [4.78, 5) is 21.5. The van der Waals surface area contributed by atoms with Gasteiger partial charge in [-0.2, -0.15) is 5.26 Å². The first-order chi connectivity index (χ1) is 14.1. The van der Waals surface area contributed by atoms with E-state index in [2.05, 4.69) is 16.0 Å². The molecule has 1 aliphatic heterocycles. The van der Waals surface area contributed by atoms with Crippen molar-refractivity contribution >= 4 is 17.2 Å². The number of rotatable bonds is 4. The standard InChI is InChI=1S/C22H19FN4OS/c23-19-6-4-17(5-7-19)20-15-29-21(25-20)14-26-8-10-27(11-9-26)22(28)18-3-1-2-16(12-18)13-24/h1-7,12,15H,8-11,14H2. The number of hydrogen-bond donors (Lipinski definition) is 0. The lowest BCUT2D eigenvalue weighted by Gasteiger charge is -2.34. The first-order valence-electron chi connectivity index (χ1n) is 9.34. The second kappa shape index (κ2) is 8.52. The van der Waals surface area contributed by atoms with E-state index in [1.54, 1.807) is 47.7 Å². The van der Waals surface area contributed by atoms with Crippen molar-refractivity contribution in [2.24, 2.45) is 0 Å². The summed E-state index contributed by atoms with van der Waals surface area (Å²) >= 11 is 1.59. The van der Waals surface area contributed by atoms with Crippen LogP contribution >= 0.6 is 11.3 Å². The highest BCUT2D eigenvalue weighted by atomic mass is 32.1. The van der Waals surface area contributed by atoms with Crippen molar-refractivity contribution in [3.63, 3.8) is 0 Å². The van der Waals surface area contributed by atoms with Crippen LogP contribution < -0.4 is 0 Å². The Morgan fingerprint density at radius 1 is 1.14 bits per heavy atom. The van der Waals surface area contributed by atoms with Crippen molar-refractivity contribution in [3.05, 3.63) is 75.9 Å². The van der Waals surface area contributed by atoms with Gasteiger partial charge in [-0.1, -0.05) is 6.07 Å². The van der Waals surface area contributed by atoms with E-state index in [1.807, 2.05) is 10.3 Å². The van der Waals surface area contributed by atoms with E-state index < -0.39 is 0 Å². The van der Waals surface area contributed by atoms with Gasteiger partial charge in [0.15, 0.2) is 0 Å². The van der Waals surface area contributed by atoms with E-state index in [1.165, 1.54) is 12.1 Å². The first kappa shape index (κ1) is 19.2. The third-order valence-electron chi connectivity index (χ3n) is 4.95. The molecule has 29 heavy (non-hydrogen) atoms. The number of aromatic nitrogens is 1. The number of piperazine rings is 1. The molecule has 2 heterocycles. The molecule has 0 atom stereocenters. The van der Waals surface area contributed by atoms with Crippen LogP contribution in [0.4, 0.5) is 4.39 Å². The van der Waals surface area contributed by atoms with Crippen molar-refractivity contribution < 1.29 is 9.18 Å². The molecule has 1 aliphatic rings. The summed E-state index contributed by atoms with van der Waals surface area (Å²) in [5.41, 5.74) is 2.82. The number of amides is 1. The van der Waals surface area contributed by atoms with Gasteiger partial charge in [0.05, 0.1) is 23.9 Å². The molecule has 0 N–H and O–H groups in total. The minimum Gasteiger partial charge on any atom is -0.336 e. The number of carbonyl (C=O) groups is 1. The highest BCUT2D eigenvalue weighted by Gasteiger charge is 2.23. The molecule has 5 nitrogen and oxygen atoms in total. The molecule has 1 fully saturated rings. The Bertz CT molecular complexity index is 1050. The Morgan fingerprint density at radius 3 is 2.62 bits per heavy atom. The molecule has 0 bridgehead atoms. The van der Waals surface area contributed by atoms with Crippen LogP contribution in [0.25, 0.3) is 11.3 Å². The topological polar surface area (TPSA) is 60.2 Å². The smallest absolute Gasteiger partial charge is 0.253 e. The molecule has 146 valence electrons. The predicted octanol–water partition coefficient (Wildman–Crippen LogP) is 3.78. The van der Waals surface area contributed by atoms with E-state index in [-0.39, 0.29) is 11.7 Å². The second-order valence-corrected chi connectivity index (χ2v) is 7.84.